The van der Waals surface area contributed by atoms with Crippen LogP contribution in [0.15, 0.2) is 58.4 Å². The summed E-state index contributed by atoms with van der Waals surface area (Å²) < 4.78 is 7.72. The Bertz CT molecular complexity index is 1010. The monoisotopic (exact) mass is 438 g/mol. The van der Waals surface area contributed by atoms with Gasteiger partial charge in [0, 0.05) is 39.1 Å². The Kier molecular flexibility index (Phi) is 7.14. The van der Waals surface area contributed by atoms with Gasteiger partial charge in [-0.05, 0) is 48.6 Å². The van der Waals surface area contributed by atoms with Gasteiger partial charge in [0.2, 0.25) is 0 Å². The molecule has 1 aliphatic heterocycles. The van der Waals surface area contributed by atoms with E-state index in [1.807, 2.05) is 29.9 Å². The van der Waals surface area contributed by atoms with Gasteiger partial charge in [-0.3, -0.25) is 9.69 Å². The summed E-state index contributed by atoms with van der Waals surface area (Å²) in [6, 6.07) is 12.0. The number of thioether (sulfide) groups is 1. The number of aryl methyl sites for hydroxylation is 1. The summed E-state index contributed by atoms with van der Waals surface area (Å²) >= 11 is 1.58. The smallest absolute Gasteiger partial charge is 0.287 e. The fourth-order valence-electron chi connectivity index (χ4n) is 4.02. The van der Waals surface area contributed by atoms with Gasteiger partial charge in [0.05, 0.1) is 5.75 Å². The third-order valence-corrected chi connectivity index (χ3v) is 6.78. The quantitative estimate of drug-likeness (QED) is 0.526. The second-order valence-electron chi connectivity index (χ2n) is 8.31. The molecule has 1 N–H and O–H groups in total. The summed E-state index contributed by atoms with van der Waals surface area (Å²) in [5, 5.41) is 3.94. The van der Waals surface area contributed by atoms with Crippen molar-refractivity contribution in [1.29, 1.82) is 0 Å². The number of nitrogens with one attached hydrogen (secondary N) is 1. The molecule has 0 aliphatic carbocycles. The van der Waals surface area contributed by atoms with Crippen LogP contribution in [0.1, 0.15) is 47.2 Å². The molecule has 2 aromatic heterocycles. The molecule has 7 heteroatoms. The van der Waals surface area contributed by atoms with Gasteiger partial charge < -0.3 is 14.3 Å². The van der Waals surface area contributed by atoms with Gasteiger partial charge in [0.1, 0.15) is 5.76 Å². The third kappa shape index (κ3) is 5.80. The Hall–Kier alpha value is -2.51. The van der Waals surface area contributed by atoms with Crippen molar-refractivity contribution in [1.82, 2.24) is 19.8 Å². The topological polar surface area (TPSA) is 63.3 Å². The number of imidazole rings is 1. The average molecular weight is 439 g/mol. The van der Waals surface area contributed by atoms with Crippen LogP contribution in [-0.4, -0.2) is 33.4 Å². The van der Waals surface area contributed by atoms with E-state index in [1.165, 1.54) is 18.4 Å². The maximum atomic E-state index is 12.6. The number of aromatic nitrogens is 2. The van der Waals surface area contributed by atoms with E-state index < -0.39 is 0 Å². The normalized spacial score (nSPS) is 17.0. The highest BCUT2D eigenvalue weighted by molar-refractivity contribution is 7.98. The van der Waals surface area contributed by atoms with Gasteiger partial charge in [-0.2, -0.15) is 0 Å². The van der Waals surface area contributed by atoms with Crippen LogP contribution in [0, 0.1) is 5.92 Å². The maximum Gasteiger partial charge on any atom is 0.287 e. The number of furan rings is 1. The highest BCUT2D eigenvalue weighted by Gasteiger charge is 2.18. The number of hydrogen-bond acceptors (Lipinski definition) is 5. The molecular weight excluding hydrogens is 408 g/mol. The molecule has 0 saturated carbocycles. The molecule has 3 heterocycles. The fraction of sp³-hybridized carbons (Fsp3) is 0.417. The van der Waals surface area contributed by atoms with E-state index in [0.717, 1.165) is 42.0 Å². The van der Waals surface area contributed by atoms with Gasteiger partial charge in [-0.15, -0.1) is 0 Å². The van der Waals surface area contributed by atoms with Crippen LogP contribution in [0.5, 0.6) is 0 Å². The average Bonchev–Trinajstić information content (AvgIpc) is 3.40. The van der Waals surface area contributed by atoms with E-state index >= 15 is 0 Å². The lowest BCUT2D eigenvalue weighted by molar-refractivity contribution is 0.0921. The van der Waals surface area contributed by atoms with E-state index in [4.69, 9.17) is 4.42 Å². The summed E-state index contributed by atoms with van der Waals surface area (Å²) in [4.78, 5) is 19.4. The molecule has 1 amide bonds. The molecule has 1 saturated heterocycles. The molecule has 0 bridgehead atoms. The number of hydrogen-bond donors (Lipinski definition) is 1. The molecule has 3 aromatic rings. The van der Waals surface area contributed by atoms with Crippen molar-refractivity contribution in [3.05, 3.63) is 71.4 Å². The predicted octanol–water partition coefficient (Wildman–Crippen LogP) is 4.47. The highest BCUT2D eigenvalue weighted by atomic mass is 32.2. The highest BCUT2D eigenvalue weighted by Crippen LogP contribution is 2.22. The van der Waals surface area contributed by atoms with Crippen molar-refractivity contribution in [2.75, 3.05) is 13.1 Å². The fourth-order valence-corrected chi connectivity index (χ4v) is 4.85. The van der Waals surface area contributed by atoms with Gasteiger partial charge in [0.25, 0.3) is 5.91 Å². The van der Waals surface area contributed by atoms with E-state index in [-0.39, 0.29) is 5.91 Å². The molecule has 1 aromatic carbocycles. The lowest BCUT2D eigenvalue weighted by Crippen LogP contribution is -2.34. The largest absolute Gasteiger partial charge is 0.455 e. The van der Waals surface area contributed by atoms with Crippen molar-refractivity contribution >= 4 is 17.7 Å². The molecule has 0 radical (unpaired) electrons. The first-order valence-electron chi connectivity index (χ1n) is 10.8. The van der Waals surface area contributed by atoms with Crippen LogP contribution in [0.2, 0.25) is 0 Å². The maximum absolute atomic E-state index is 12.6. The molecule has 164 valence electrons. The van der Waals surface area contributed by atoms with Crippen molar-refractivity contribution < 1.29 is 9.21 Å². The zero-order chi connectivity index (χ0) is 21.6. The standard InChI is InChI=1S/C24H30N4O2S/c1-18-6-5-12-28(15-18)16-20-8-4-3-7-19(20)14-26-23(29)22-10-9-21(30-22)17-31-24-25-11-13-27(24)2/h3-4,7-11,13,18H,5-6,12,14-17H2,1-2H3,(H,26,29). The molecule has 31 heavy (non-hydrogen) atoms. The first-order valence-corrected chi connectivity index (χ1v) is 11.8. The Balaban J connectivity index is 1.32. The lowest BCUT2D eigenvalue weighted by Gasteiger charge is -2.31. The summed E-state index contributed by atoms with van der Waals surface area (Å²) in [5.41, 5.74) is 2.44. The third-order valence-electron chi connectivity index (χ3n) is 5.70. The van der Waals surface area contributed by atoms with Crippen LogP contribution in [0.25, 0.3) is 0 Å². The number of piperidine rings is 1. The molecule has 1 unspecified atom stereocenters. The number of rotatable bonds is 8. The molecular formula is C24H30N4O2S. The van der Waals surface area contributed by atoms with Crippen LogP contribution < -0.4 is 5.32 Å². The summed E-state index contributed by atoms with van der Waals surface area (Å²) in [6.07, 6.45) is 6.26. The zero-order valence-electron chi connectivity index (χ0n) is 18.2. The predicted molar refractivity (Wildman–Crippen MR) is 123 cm³/mol. The van der Waals surface area contributed by atoms with Crippen LogP contribution >= 0.6 is 11.8 Å². The van der Waals surface area contributed by atoms with Gasteiger partial charge in [0.15, 0.2) is 10.9 Å². The van der Waals surface area contributed by atoms with Crippen molar-refractivity contribution in [3.63, 3.8) is 0 Å². The Labute approximate surface area is 188 Å². The summed E-state index contributed by atoms with van der Waals surface area (Å²) in [5.74, 6) is 2.31. The van der Waals surface area contributed by atoms with Crippen LogP contribution in [0.4, 0.5) is 0 Å². The van der Waals surface area contributed by atoms with E-state index in [9.17, 15) is 4.79 Å². The SMILES string of the molecule is CC1CCCN(Cc2ccccc2CNC(=O)c2ccc(CSc3nccn3C)o2)C1. The molecule has 0 spiro atoms. The lowest BCUT2D eigenvalue weighted by atomic mass is 9.99. The second-order valence-corrected chi connectivity index (χ2v) is 9.25. The minimum Gasteiger partial charge on any atom is -0.455 e. The number of carbonyl (C=O) groups is 1. The summed E-state index contributed by atoms with van der Waals surface area (Å²) in [7, 11) is 1.96. The Morgan fingerprint density at radius 1 is 1.26 bits per heavy atom. The van der Waals surface area contributed by atoms with Crippen LogP contribution in [0.3, 0.4) is 0 Å². The first-order chi connectivity index (χ1) is 15.1. The second kappa shape index (κ2) is 10.2. The molecule has 4 rings (SSSR count). The minimum atomic E-state index is -0.186. The van der Waals surface area contributed by atoms with E-state index in [1.54, 1.807) is 24.0 Å². The molecule has 6 nitrogen and oxygen atoms in total. The number of carbonyl (C=O) groups excluding carboxylic acids is 1. The van der Waals surface area contributed by atoms with E-state index in [2.05, 4.69) is 40.3 Å². The van der Waals surface area contributed by atoms with Crippen molar-refractivity contribution in [2.45, 2.75) is 43.8 Å². The zero-order valence-corrected chi connectivity index (χ0v) is 19.0. The number of benzene rings is 1. The molecule has 1 fully saturated rings. The molecule has 1 atom stereocenters. The van der Waals surface area contributed by atoms with Gasteiger partial charge in [-0.1, -0.05) is 43.0 Å². The number of nitrogens with zero attached hydrogens (tertiary/aromatic N) is 3. The molecule has 1 aliphatic rings. The number of amides is 1. The number of likely N-dealkylation sites (tertiary alicyclic amines) is 1. The van der Waals surface area contributed by atoms with Gasteiger partial charge >= 0.3 is 0 Å². The van der Waals surface area contributed by atoms with E-state index in [0.29, 0.717) is 18.1 Å². The first kappa shape index (κ1) is 21.7. The summed E-state index contributed by atoms with van der Waals surface area (Å²) in [6.45, 7) is 6.05. The Morgan fingerprint density at radius 2 is 2.10 bits per heavy atom. The van der Waals surface area contributed by atoms with Gasteiger partial charge in [-0.25, -0.2) is 4.98 Å². The van der Waals surface area contributed by atoms with Crippen molar-refractivity contribution in [2.24, 2.45) is 13.0 Å². The minimum absolute atomic E-state index is 0.186. The van der Waals surface area contributed by atoms with Crippen molar-refractivity contribution in [3.8, 4) is 0 Å². The Morgan fingerprint density at radius 3 is 2.87 bits per heavy atom. The van der Waals surface area contributed by atoms with Crippen LogP contribution in [-0.2, 0) is 25.9 Å².